The minimum Gasteiger partial charge on any atom is -0.492 e. The summed E-state index contributed by atoms with van der Waals surface area (Å²) in [5, 5.41) is 8.67. The number of urea groups is 1. The average Bonchev–Trinajstić information content (AvgIpc) is 2.94. The molecule has 1 aliphatic carbocycles. The minimum absolute atomic E-state index is 0.152. The number of nitrogens with zero attached hydrogens (tertiary/aromatic N) is 1. The van der Waals surface area contributed by atoms with E-state index in [0.29, 0.717) is 18.2 Å². The van der Waals surface area contributed by atoms with Gasteiger partial charge in [0.15, 0.2) is 0 Å². The maximum atomic E-state index is 12.7. The number of hydrogen-bond acceptors (Lipinski definition) is 4. The van der Waals surface area contributed by atoms with Crippen LogP contribution in [0, 0.1) is 0 Å². The molecule has 1 aliphatic heterocycles. The predicted molar refractivity (Wildman–Crippen MR) is 155 cm³/mol. The maximum Gasteiger partial charge on any atom is 0.319 e. The van der Waals surface area contributed by atoms with Gasteiger partial charge in [-0.15, -0.1) is 0 Å². The molecule has 38 heavy (non-hydrogen) atoms. The van der Waals surface area contributed by atoms with E-state index in [0.717, 1.165) is 52.9 Å². The van der Waals surface area contributed by atoms with Crippen LogP contribution in [0.4, 0.5) is 10.5 Å². The second-order valence-corrected chi connectivity index (χ2v) is 10.8. The van der Waals surface area contributed by atoms with Gasteiger partial charge in [0.05, 0.1) is 10.7 Å². The molecule has 1 saturated carbocycles. The number of hydrogen-bond donors (Lipinski definition) is 2. The average molecular weight is 536 g/mol. The van der Waals surface area contributed by atoms with Crippen molar-refractivity contribution in [2.75, 3.05) is 31.6 Å². The Bertz CT molecular complexity index is 1220. The van der Waals surface area contributed by atoms with Gasteiger partial charge < -0.3 is 20.1 Å². The van der Waals surface area contributed by atoms with Gasteiger partial charge in [-0.1, -0.05) is 67.6 Å². The molecule has 3 aromatic carbocycles. The van der Waals surface area contributed by atoms with Gasteiger partial charge in [0, 0.05) is 28.9 Å². The monoisotopic (exact) mass is 535 g/mol. The fourth-order valence-corrected chi connectivity index (χ4v) is 5.69. The van der Waals surface area contributed by atoms with Crippen LogP contribution in [0.1, 0.15) is 56.9 Å². The Hall–Kier alpha value is -2.96. The van der Waals surface area contributed by atoms with Crippen LogP contribution in [0.3, 0.4) is 0 Å². The first-order chi connectivity index (χ1) is 18.7. The molecule has 2 N–H and O–H groups in total. The van der Waals surface area contributed by atoms with E-state index in [-0.39, 0.29) is 12.1 Å². The van der Waals surface area contributed by atoms with Crippen LogP contribution in [-0.4, -0.2) is 43.2 Å². The number of fused-ring (bicyclic) bond motifs is 1. The molecule has 5 rings (SSSR count). The summed E-state index contributed by atoms with van der Waals surface area (Å²) in [6, 6.07) is 17.7. The second-order valence-electron chi connectivity index (χ2n) is 10.4. The third kappa shape index (κ3) is 7.12. The van der Waals surface area contributed by atoms with Gasteiger partial charge in [0.25, 0.3) is 0 Å². The Morgan fingerprint density at radius 1 is 0.895 bits per heavy atom. The van der Waals surface area contributed by atoms with Gasteiger partial charge >= 0.3 is 6.03 Å². The van der Waals surface area contributed by atoms with Crippen molar-refractivity contribution < 1.29 is 14.3 Å². The SMILES string of the molecule is O=C(Nc1ccc(OCc2ccc(OCCN3CCCCC3)cc2Cl)c2ccccc12)NC1CCCCC1. The molecule has 0 bridgehead atoms. The topological polar surface area (TPSA) is 62.8 Å². The number of anilines is 1. The van der Waals surface area contributed by atoms with Gasteiger partial charge in [-0.25, -0.2) is 4.79 Å². The molecule has 1 saturated heterocycles. The second kappa shape index (κ2) is 13.2. The summed E-state index contributed by atoms with van der Waals surface area (Å²) in [5.41, 5.74) is 1.67. The first-order valence-electron chi connectivity index (χ1n) is 14.0. The number of rotatable bonds is 9. The molecule has 0 unspecified atom stereocenters. The van der Waals surface area contributed by atoms with Gasteiger partial charge in [-0.2, -0.15) is 0 Å². The van der Waals surface area contributed by atoms with E-state index in [1.54, 1.807) is 0 Å². The fraction of sp³-hybridized carbons (Fsp3) is 0.452. The van der Waals surface area contributed by atoms with E-state index < -0.39 is 0 Å². The van der Waals surface area contributed by atoms with Crippen molar-refractivity contribution in [3.8, 4) is 11.5 Å². The van der Waals surface area contributed by atoms with Crippen LogP contribution in [0.5, 0.6) is 11.5 Å². The van der Waals surface area contributed by atoms with Crippen molar-refractivity contribution >= 4 is 34.1 Å². The van der Waals surface area contributed by atoms with Crippen molar-refractivity contribution in [3.05, 3.63) is 65.2 Å². The van der Waals surface area contributed by atoms with E-state index in [1.807, 2.05) is 54.6 Å². The first-order valence-corrected chi connectivity index (χ1v) is 14.4. The van der Waals surface area contributed by atoms with Crippen molar-refractivity contribution in [3.63, 3.8) is 0 Å². The fourth-order valence-electron chi connectivity index (χ4n) is 5.46. The number of carbonyl (C=O) groups is 1. The first kappa shape index (κ1) is 26.6. The summed E-state index contributed by atoms with van der Waals surface area (Å²) in [4.78, 5) is 15.1. The molecule has 2 amide bonds. The molecule has 2 fully saturated rings. The van der Waals surface area contributed by atoms with E-state index in [4.69, 9.17) is 21.1 Å². The number of likely N-dealkylation sites (tertiary alicyclic amines) is 1. The number of carbonyl (C=O) groups excluding carboxylic acids is 1. The molecule has 0 radical (unpaired) electrons. The van der Waals surface area contributed by atoms with Gasteiger partial charge in [-0.05, 0) is 63.0 Å². The zero-order chi connectivity index (χ0) is 26.2. The zero-order valence-electron chi connectivity index (χ0n) is 22.0. The van der Waals surface area contributed by atoms with Crippen LogP contribution in [0.2, 0.25) is 5.02 Å². The van der Waals surface area contributed by atoms with Gasteiger partial charge in [0.2, 0.25) is 0 Å². The number of ether oxygens (including phenoxy) is 2. The molecule has 0 aromatic heterocycles. The molecule has 1 heterocycles. The summed E-state index contributed by atoms with van der Waals surface area (Å²) >= 11 is 6.58. The highest BCUT2D eigenvalue weighted by molar-refractivity contribution is 6.31. The number of benzene rings is 3. The molecule has 6 nitrogen and oxygen atoms in total. The Morgan fingerprint density at radius 3 is 2.45 bits per heavy atom. The van der Waals surface area contributed by atoms with Crippen LogP contribution in [-0.2, 0) is 6.61 Å². The summed E-state index contributed by atoms with van der Waals surface area (Å²) < 4.78 is 12.2. The van der Waals surface area contributed by atoms with Crippen molar-refractivity contribution in [1.29, 1.82) is 0 Å². The molecule has 3 aromatic rings. The third-order valence-electron chi connectivity index (χ3n) is 7.61. The Kier molecular flexibility index (Phi) is 9.26. The van der Waals surface area contributed by atoms with E-state index in [9.17, 15) is 4.79 Å². The molecule has 0 spiro atoms. The Balaban J connectivity index is 1.18. The van der Waals surface area contributed by atoms with Crippen LogP contribution in [0.25, 0.3) is 10.8 Å². The Morgan fingerprint density at radius 2 is 1.66 bits per heavy atom. The van der Waals surface area contributed by atoms with E-state index >= 15 is 0 Å². The van der Waals surface area contributed by atoms with Crippen LogP contribution < -0.4 is 20.1 Å². The number of nitrogens with one attached hydrogen (secondary N) is 2. The lowest BCUT2D eigenvalue weighted by Gasteiger charge is -2.26. The quantitative estimate of drug-likeness (QED) is 0.300. The predicted octanol–water partition coefficient (Wildman–Crippen LogP) is 7.39. The molecule has 2 aliphatic rings. The lowest BCUT2D eigenvalue weighted by atomic mass is 9.96. The highest BCUT2D eigenvalue weighted by atomic mass is 35.5. The zero-order valence-corrected chi connectivity index (χ0v) is 22.8. The summed E-state index contributed by atoms with van der Waals surface area (Å²) in [6.07, 6.45) is 9.62. The highest BCUT2D eigenvalue weighted by Crippen LogP contribution is 2.33. The number of piperidine rings is 1. The largest absolute Gasteiger partial charge is 0.492 e. The van der Waals surface area contributed by atoms with E-state index in [2.05, 4.69) is 15.5 Å². The van der Waals surface area contributed by atoms with Crippen LogP contribution in [0.15, 0.2) is 54.6 Å². The van der Waals surface area contributed by atoms with Crippen molar-refractivity contribution in [1.82, 2.24) is 10.2 Å². The number of halogens is 1. The standard InChI is InChI=1S/C31H38ClN3O3/c32-28-21-25(37-20-19-35-17-7-2-8-18-35)14-13-23(28)22-38-30-16-15-29(26-11-5-6-12-27(26)30)34-31(36)33-24-9-3-1-4-10-24/h5-6,11-16,21,24H,1-4,7-10,17-20,22H2,(H2,33,34,36). The molecule has 7 heteroatoms. The van der Waals surface area contributed by atoms with Crippen molar-refractivity contribution in [2.24, 2.45) is 0 Å². The smallest absolute Gasteiger partial charge is 0.319 e. The van der Waals surface area contributed by atoms with Gasteiger partial charge in [0.1, 0.15) is 24.7 Å². The molecule has 0 atom stereocenters. The third-order valence-corrected chi connectivity index (χ3v) is 7.96. The highest BCUT2D eigenvalue weighted by Gasteiger charge is 2.17. The van der Waals surface area contributed by atoms with E-state index in [1.165, 1.54) is 51.6 Å². The lowest BCUT2D eigenvalue weighted by Crippen LogP contribution is -2.39. The molecule has 202 valence electrons. The van der Waals surface area contributed by atoms with Crippen molar-refractivity contribution in [2.45, 2.75) is 64.0 Å². The molecular weight excluding hydrogens is 498 g/mol. The maximum absolute atomic E-state index is 12.7. The molecular formula is C31H38ClN3O3. The lowest BCUT2D eigenvalue weighted by molar-refractivity contribution is 0.183. The number of amides is 2. The summed E-state index contributed by atoms with van der Waals surface area (Å²) in [6.45, 7) is 4.28. The van der Waals surface area contributed by atoms with Crippen LogP contribution >= 0.6 is 11.6 Å². The summed E-state index contributed by atoms with van der Waals surface area (Å²) in [7, 11) is 0. The minimum atomic E-state index is -0.152. The normalized spacial score (nSPS) is 16.8. The van der Waals surface area contributed by atoms with Gasteiger partial charge in [-0.3, -0.25) is 4.90 Å². The summed E-state index contributed by atoms with van der Waals surface area (Å²) in [5.74, 6) is 1.53. The Labute approximate surface area is 230 Å².